The molecule has 1 heterocycles. The Morgan fingerprint density at radius 3 is 2.77 bits per heavy atom. The first-order chi connectivity index (χ1) is 12.5. The lowest BCUT2D eigenvalue weighted by atomic mass is 10.1. The van der Waals surface area contributed by atoms with Crippen LogP contribution in [0, 0.1) is 11.3 Å². The van der Waals surface area contributed by atoms with Gasteiger partial charge in [-0.3, -0.25) is 0 Å². The molecule has 0 aliphatic rings. The molecule has 0 spiro atoms. The predicted molar refractivity (Wildman–Crippen MR) is 97.7 cm³/mol. The third kappa shape index (κ3) is 3.93. The van der Waals surface area contributed by atoms with Crippen molar-refractivity contribution in [1.29, 1.82) is 5.26 Å². The number of hydrogen-bond acceptors (Lipinski definition) is 5. The summed E-state index contributed by atoms with van der Waals surface area (Å²) in [5.74, 6) is 0.0696. The first-order valence-corrected chi connectivity index (χ1v) is 8.50. The van der Waals surface area contributed by atoms with Crippen molar-refractivity contribution in [3.63, 3.8) is 0 Å². The van der Waals surface area contributed by atoms with E-state index in [4.69, 9.17) is 16.3 Å². The summed E-state index contributed by atoms with van der Waals surface area (Å²) in [7, 11) is 1.36. The molecule has 0 atom stereocenters. The van der Waals surface area contributed by atoms with E-state index in [0.29, 0.717) is 26.7 Å². The minimum absolute atomic E-state index is 0.107. The van der Waals surface area contributed by atoms with Gasteiger partial charge in [0.05, 0.1) is 22.9 Å². The van der Waals surface area contributed by atoms with Crippen molar-refractivity contribution in [2.24, 2.45) is 0 Å². The van der Waals surface area contributed by atoms with Gasteiger partial charge in [0.25, 0.3) is 0 Å². The molecule has 1 aromatic heterocycles. The zero-order chi connectivity index (χ0) is 18.7. The lowest BCUT2D eigenvalue weighted by Crippen LogP contribution is -2.03. The van der Waals surface area contributed by atoms with E-state index in [0.717, 1.165) is 4.70 Å². The van der Waals surface area contributed by atoms with Crippen molar-refractivity contribution in [3.05, 3.63) is 52.0 Å². The van der Waals surface area contributed by atoms with Gasteiger partial charge in [-0.15, -0.1) is 11.3 Å². The van der Waals surface area contributed by atoms with Gasteiger partial charge in [0.1, 0.15) is 11.1 Å². The third-order valence-electron chi connectivity index (χ3n) is 3.42. The highest BCUT2D eigenvalue weighted by Gasteiger charge is 2.13. The van der Waals surface area contributed by atoms with Crippen LogP contribution in [0.5, 0.6) is 11.5 Å². The molecule has 3 aromatic rings. The van der Waals surface area contributed by atoms with Crippen LogP contribution in [0.3, 0.4) is 0 Å². The average Bonchev–Trinajstić information content (AvgIpc) is 3.02. The number of rotatable bonds is 5. The summed E-state index contributed by atoms with van der Waals surface area (Å²) in [6.45, 7) is -2.98. The van der Waals surface area contributed by atoms with Crippen molar-refractivity contribution in [3.8, 4) is 17.6 Å². The lowest BCUT2D eigenvalue weighted by molar-refractivity contribution is -0.0512. The quantitative estimate of drug-likeness (QED) is 0.528. The molecule has 26 heavy (non-hydrogen) atoms. The van der Waals surface area contributed by atoms with Gasteiger partial charge in [-0.05, 0) is 42.0 Å². The molecule has 0 saturated carbocycles. The second-order valence-electron chi connectivity index (χ2n) is 5.09. The molecule has 0 radical (unpaired) electrons. The molecule has 3 rings (SSSR count). The van der Waals surface area contributed by atoms with Crippen LogP contribution >= 0.6 is 22.9 Å². The average molecular weight is 393 g/mol. The van der Waals surface area contributed by atoms with Gasteiger partial charge in [0, 0.05) is 5.02 Å². The topological polar surface area (TPSA) is 55.1 Å². The highest BCUT2D eigenvalue weighted by Crippen LogP contribution is 2.33. The Morgan fingerprint density at radius 2 is 2.08 bits per heavy atom. The number of halogens is 3. The molecule has 4 nitrogen and oxygen atoms in total. The fourth-order valence-corrected chi connectivity index (χ4v) is 3.37. The maximum absolute atomic E-state index is 12.5. The van der Waals surface area contributed by atoms with Crippen LogP contribution in [-0.2, 0) is 0 Å². The normalized spacial score (nSPS) is 11.6. The number of nitrogens with zero attached hydrogens (tertiary/aromatic N) is 2. The summed E-state index contributed by atoms with van der Waals surface area (Å²) in [5.41, 5.74) is 1.50. The monoisotopic (exact) mass is 392 g/mol. The van der Waals surface area contributed by atoms with E-state index in [1.807, 2.05) is 6.07 Å². The molecule has 0 unspecified atom stereocenters. The number of methoxy groups -OCH3 is 1. The molecule has 0 fully saturated rings. The molecule has 0 bridgehead atoms. The van der Waals surface area contributed by atoms with Gasteiger partial charge in [-0.25, -0.2) is 4.98 Å². The van der Waals surface area contributed by atoms with E-state index in [1.165, 1.54) is 30.6 Å². The van der Waals surface area contributed by atoms with Crippen LogP contribution < -0.4 is 9.47 Å². The first kappa shape index (κ1) is 18.1. The van der Waals surface area contributed by atoms with E-state index in [-0.39, 0.29) is 11.5 Å². The molecular weight excluding hydrogens is 382 g/mol. The number of hydrogen-bond donors (Lipinski definition) is 0. The minimum atomic E-state index is -2.98. The lowest BCUT2D eigenvalue weighted by Gasteiger charge is -2.10. The van der Waals surface area contributed by atoms with E-state index < -0.39 is 6.61 Å². The largest absolute Gasteiger partial charge is 0.493 e. The van der Waals surface area contributed by atoms with E-state index in [1.54, 1.807) is 24.3 Å². The van der Waals surface area contributed by atoms with Crippen LogP contribution in [0.2, 0.25) is 5.02 Å². The first-order valence-electron chi connectivity index (χ1n) is 7.31. The minimum Gasteiger partial charge on any atom is -0.493 e. The highest BCUT2D eigenvalue weighted by atomic mass is 35.5. The van der Waals surface area contributed by atoms with Crippen molar-refractivity contribution < 1.29 is 18.3 Å². The Hall–Kier alpha value is -2.69. The molecule has 132 valence electrons. The number of alkyl halides is 2. The predicted octanol–water partition coefficient (Wildman–Crippen LogP) is 5.62. The zero-order valence-corrected chi connectivity index (χ0v) is 14.9. The summed E-state index contributed by atoms with van der Waals surface area (Å²) in [6, 6.07) is 11.9. The molecule has 2 aromatic carbocycles. The van der Waals surface area contributed by atoms with Crippen molar-refractivity contribution in [2.45, 2.75) is 6.61 Å². The summed E-state index contributed by atoms with van der Waals surface area (Å²) in [5, 5.41) is 10.5. The fourth-order valence-electron chi connectivity index (χ4n) is 2.30. The Balaban J connectivity index is 2.01. The van der Waals surface area contributed by atoms with Gasteiger partial charge in [0.15, 0.2) is 11.5 Å². The molecule has 8 heteroatoms. The standard InChI is InChI=1S/C18H11ClF2N2O2S/c1-24-14-4-2-10(7-15(14)25-18(20)21)6-11(9-22)17-23-13-8-12(19)3-5-16(13)26-17/h2-8,18H,1H3/b11-6+. The van der Waals surface area contributed by atoms with Gasteiger partial charge >= 0.3 is 6.61 Å². The maximum Gasteiger partial charge on any atom is 0.387 e. The SMILES string of the molecule is COc1ccc(/C=C(\C#N)c2nc3cc(Cl)ccc3s2)cc1OC(F)F. The van der Waals surface area contributed by atoms with Gasteiger partial charge in [0.2, 0.25) is 0 Å². The fraction of sp³-hybridized carbons (Fsp3) is 0.111. The Kier molecular flexibility index (Phi) is 5.35. The van der Waals surface area contributed by atoms with Crippen molar-refractivity contribution in [2.75, 3.05) is 7.11 Å². The molecule has 0 aliphatic carbocycles. The number of ether oxygens (including phenoxy) is 2. The van der Waals surface area contributed by atoms with Crippen molar-refractivity contribution >= 4 is 44.8 Å². The summed E-state index contributed by atoms with van der Waals surface area (Å²) < 4.78 is 35.4. The zero-order valence-electron chi connectivity index (χ0n) is 13.4. The molecular formula is C18H11ClF2N2O2S. The van der Waals surface area contributed by atoms with Crippen LogP contribution in [-0.4, -0.2) is 18.7 Å². The Morgan fingerprint density at radius 1 is 1.27 bits per heavy atom. The Labute approximate surface area is 156 Å². The summed E-state index contributed by atoms with van der Waals surface area (Å²) in [6.07, 6.45) is 1.55. The molecule has 0 saturated heterocycles. The molecule has 0 aliphatic heterocycles. The number of nitriles is 1. The number of aromatic nitrogens is 1. The molecule has 0 amide bonds. The number of fused-ring (bicyclic) bond motifs is 1. The van der Waals surface area contributed by atoms with E-state index >= 15 is 0 Å². The van der Waals surface area contributed by atoms with Crippen LogP contribution in [0.1, 0.15) is 10.6 Å². The van der Waals surface area contributed by atoms with Gasteiger partial charge in [-0.1, -0.05) is 17.7 Å². The third-order valence-corrected chi connectivity index (χ3v) is 4.72. The second kappa shape index (κ2) is 7.68. The van der Waals surface area contributed by atoms with E-state index in [2.05, 4.69) is 15.8 Å². The smallest absolute Gasteiger partial charge is 0.387 e. The van der Waals surface area contributed by atoms with Crippen LogP contribution in [0.15, 0.2) is 36.4 Å². The number of benzene rings is 2. The summed E-state index contributed by atoms with van der Waals surface area (Å²) in [4.78, 5) is 4.41. The summed E-state index contributed by atoms with van der Waals surface area (Å²) >= 11 is 7.30. The van der Waals surface area contributed by atoms with Crippen LogP contribution in [0.25, 0.3) is 21.9 Å². The van der Waals surface area contributed by atoms with Crippen molar-refractivity contribution in [1.82, 2.24) is 4.98 Å². The maximum atomic E-state index is 12.5. The molecule has 0 N–H and O–H groups in total. The highest BCUT2D eigenvalue weighted by molar-refractivity contribution is 7.19. The van der Waals surface area contributed by atoms with Crippen LogP contribution in [0.4, 0.5) is 8.78 Å². The van der Waals surface area contributed by atoms with Gasteiger partial charge < -0.3 is 9.47 Å². The second-order valence-corrected chi connectivity index (χ2v) is 6.56. The number of allylic oxidation sites excluding steroid dienone is 1. The number of thiazole rings is 1. The Bertz CT molecular complexity index is 1030. The van der Waals surface area contributed by atoms with E-state index in [9.17, 15) is 14.0 Å². The van der Waals surface area contributed by atoms with Gasteiger partial charge in [-0.2, -0.15) is 14.0 Å².